The molecule has 2 atom stereocenters. The number of carbonyl (C=O) groups excluding carboxylic acids is 1. The summed E-state index contributed by atoms with van der Waals surface area (Å²) < 4.78 is 15.6. The van der Waals surface area contributed by atoms with Gasteiger partial charge in [-0.3, -0.25) is 4.79 Å². The number of hydrogen-bond donors (Lipinski definition) is 0. The molecule has 0 radical (unpaired) electrons. The first-order valence-electron chi connectivity index (χ1n) is 19.0. The quantitative estimate of drug-likeness (QED) is 0.200. The lowest BCUT2D eigenvalue weighted by molar-refractivity contribution is 0.0218. The van der Waals surface area contributed by atoms with Gasteiger partial charge in [0.2, 0.25) is 0 Å². The van der Waals surface area contributed by atoms with E-state index in [1.807, 2.05) is 36.2 Å². The lowest BCUT2D eigenvalue weighted by atomic mass is 9.95. The summed E-state index contributed by atoms with van der Waals surface area (Å²) in [4.78, 5) is 36.2. The van der Waals surface area contributed by atoms with E-state index in [2.05, 4.69) is 73.4 Å². The average Bonchev–Trinajstić information content (AvgIpc) is 3.67. The zero-order valence-corrected chi connectivity index (χ0v) is 33.8. The predicted molar refractivity (Wildman–Crippen MR) is 209 cm³/mol. The van der Waals surface area contributed by atoms with Crippen molar-refractivity contribution in [3.63, 3.8) is 0 Å². The highest BCUT2D eigenvalue weighted by Crippen LogP contribution is 2.38. The molecule has 282 valence electrons. The Morgan fingerprint density at radius 1 is 1.12 bits per heavy atom. The van der Waals surface area contributed by atoms with Crippen molar-refractivity contribution < 1.29 is 14.3 Å². The normalized spacial score (nSPS) is 20.0. The van der Waals surface area contributed by atoms with E-state index < -0.39 is 13.7 Å². The summed E-state index contributed by atoms with van der Waals surface area (Å²) in [5.41, 5.74) is 5.50. The van der Waals surface area contributed by atoms with Gasteiger partial charge in [0.1, 0.15) is 24.0 Å². The summed E-state index contributed by atoms with van der Waals surface area (Å²) in [7, 11) is 0.932. The first-order chi connectivity index (χ1) is 24.6. The SMILES string of the molecule is Cc1ccc2c(cnn2COCC[Si](C)(C)C)c1N1CCc2c(N3CCN(C(=O)OC(C)(C)C)C[C@@H]3C)c(C#N)c(=O)n(C[C@@H]3CCCN3C)c2C1. The number of nitriles is 1. The maximum atomic E-state index is 14.5. The molecule has 12 nitrogen and oxygen atoms in total. The summed E-state index contributed by atoms with van der Waals surface area (Å²) in [6.45, 7) is 22.3. The number of benzene rings is 1. The molecule has 3 aliphatic rings. The minimum absolute atomic E-state index is 0.110. The minimum Gasteiger partial charge on any atom is -0.444 e. The highest BCUT2D eigenvalue weighted by Gasteiger charge is 2.37. The number of amides is 1. The van der Waals surface area contributed by atoms with E-state index >= 15 is 0 Å². The van der Waals surface area contributed by atoms with E-state index in [1.165, 1.54) is 0 Å². The van der Waals surface area contributed by atoms with Gasteiger partial charge in [-0.25, -0.2) is 9.48 Å². The number of likely N-dealkylation sites (tertiary alicyclic amines) is 1. The Labute approximate surface area is 309 Å². The van der Waals surface area contributed by atoms with Crippen LogP contribution in [0.2, 0.25) is 25.7 Å². The van der Waals surface area contributed by atoms with Gasteiger partial charge >= 0.3 is 6.09 Å². The van der Waals surface area contributed by atoms with Crippen LogP contribution in [-0.2, 0) is 35.7 Å². The highest BCUT2D eigenvalue weighted by atomic mass is 28.3. The van der Waals surface area contributed by atoms with Gasteiger partial charge in [0.05, 0.1) is 29.6 Å². The van der Waals surface area contributed by atoms with Gasteiger partial charge in [-0.05, 0) is 85.1 Å². The molecule has 0 spiro atoms. The molecule has 0 unspecified atom stereocenters. The van der Waals surface area contributed by atoms with Crippen molar-refractivity contribution in [3.8, 4) is 6.07 Å². The number of carbonyl (C=O) groups is 1. The van der Waals surface area contributed by atoms with Crippen LogP contribution in [0.15, 0.2) is 23.1 Å². The van der Waals surface area contributed by atoms with E-state index in [4.69, 9.17) is 14.6 Å². The van der Waals surface area contributed by atoms with Crippen LogP contribution in [0.5, 0.6) is 0 Å². The van der Waals surface area contributed by atoms with E-state index in [0.29, 0.717) is 45.9 Å². The van der Waals surface area contributed by atoms with Gasteiger partial charge < -0.3 is 33.6 Å². The molecular weight excluding hydrogens is 673 g/mol. The zero-order chi connectivity index (χ0) is 37.5. The lowest BCUT2D eigenvalue weighted by Gasteiger charge is -2.44. The van der Waals surface area contributed by atoms with Crippen LogP contribution in [-0.4, -0.2) is 102 Å². The van der Waals surface area contributed by atoms with E-state index in [1.54, 1.807) is 4.90 Å². The smallest absolute Gasteiger partial charge is 0.410 e. The summed E-state index contributed by atoms with van der Waals surface area (Å²) in [5, 5.41) is 16.4. The van der Waals surface area contributed by atoms with Crippen molar-refractivity contribution in [2.75, 3.05) is 56.2 Å². The van der Waals surface area contributed by atoms with Gasteiger partial charge in [-0.2, -0.15) is 10.4 Å². The summed E-state index contributed by atoms with van der Waals surface area (Å²) >= 11 is 0. The predicted octanol–water partition coefficient (Wildman–Crippen LogP) is 5.79. The molecular formula is C39H58N8O4Si. The topological polar surface area (TPSA) is 112 Å². The van der Waals surface area contributed by atoms with Crippen LogP contribution in [0, 0.1) is 18.3 Å². The second kappa shape index (κ2) is 14.9. The second-order valence-electron chi connectivity index (χ2n) is 17.2. The third-order valence-corrected chi connectivity index (χ3v) is 12.6. The van der Waals surface area contributed by atoms with Crippen LogP contribution < -0.4 is 15.4 Å². The molecule has 3 aromatic rings. The summed E-state index contributed by atoms with van der Waals surface area (Å²) in [6.07, 6.45) is 4.42. The number of anilines is 2. The van der Waals surface area contributed by atoms with Gasteiger partial charge in [-0.15, -0.1) is 0 Å². The van der Waals surface area contributed by atoms with Crippen molar-refractivity contribution >= 4 is 36.4 Å². The molecule has 0 saturated carbocycles. The molecule has 5 heterocycles. The fourth-order valence-electron chi connectivity index (χ4n) is 8.06. The molecule has 2 fully saturated rings. The Kier molecular flexibility index (Phi) is 10.8. The lowest BCUT2D eigenvalue weighted by Crippen LogP contribution is -2.55. The second-order valence-corrected chi connectivity index (χ2v) is 22.9. The zero-order valence-electron chi connectivity index (χ0n) is 32.8. The van der Waals surface area contributed by atoms with Gasteiger partial charge in [0, 0.05) is 76.1 Å². The molecule has 13 heteroatoms. The standard InChI is InChI=1S/C39H58N8O4Si/c1-27-12-13-33-32(22-41-47(33)26-50-19-20-52(7,8)9)35(27)43-16-14-30-34(25-43)46(24-29-11-10-15-42(29)6)37(48)31(21-40)36(30)45-18-17-44(23-28(45)2)38(49)51-39(3,4)5/h12-13,22,28-29H,10-11,14-20,23-26H2,1-9H3/t28-,29-/m0/s1. The molecule has 1 amide bonds. The van der Waals surface area contributed by atoms with Crippen LogP contribution in [0.1, 0.15) is 62.9 Å². The van der Waals surface area contributed by atoms with Crippen LogP contribution in [0.25, 0.3) is 10.9 Å². The first kappa shape index (κ1) is 37.9. The van der Waals surface area contributed by atoms with E-state index in [0.717, 1.165) is 77.7 Å². The molecule has 52 heavy (non-hydrogen) atoms. The summed E-state index contributed by atoms with van der Waals surface area (Å²) in [5.74, 6) is 0. The number of pyridine rings is 1. The summed E-state index contributed by atoms with van der Waals surface area (Å²) in [6, 6.07) is 7.87. The Morgan fingerprint density at radius 3 is 2.54 bits per heavy atom. The number of piperazine rings is 1. The van der Waals surface area contributed by atoms with Gasteiger partial charge in [-0.1, -0.05) is 25.7 Å². The monoisotopic (exact) mass is 730 g/mol. The molecule has 0 bridgehead atoms. The fourth-order valence-corrected chi connectivity index (χ4v) is 8.82. The Bertz CT molecular complexity index is 1900. The van der Waals surface area contributed by atoms with Crippen LogP contribution in [0.3, 0.4) is 0 Å². The Balaban J connectivity index is 1.37. The number of likely N-dealkylation sites (N-methyl/N-ethyl adjacent to an activating group) is 1. The Hall–Kier alpha value is -3.86. The van der Waals surface area contributed by atoms with E-state index in [-0.39, 0.29) is 29.3 Å². The van der Waals surface area contributed by atoms with Gasteiger partial charge in [0.25, 0.3) is 5.56 Å². The molecule has 6 rings (SSSR count). The van der Waals surface area contributed by atoms with Crippen LogP contribution in [0.4, 0.5) is 16.2 Å². The number of ether oxygens (including phenoxy) is 2. The Morgan fingerprint density at radius 2 is 1.88 bits per heavy atom. The number of rotatable bonds is 9. The fraction of sp³-hybridized carbons (Fsp3) is 0.641. The van der Waals surface area contributed by atoms with Crippen molar-refractivity contribution in [1.29, 1.82) is 5.26 Å². The molecule has 1 aromatic carbocycles. The van der Waals surface area contributed by atoms with Crippen molar-refractivity contribution in [1.82, 2.24) is 24.1 Å². The molecule has 0 aliphatic carbocycles. The molecule has 0 N–H and O–H groups in total. The third kappa shape index (κ3) is 7.89. The van der Waals surface area contributed by atoms with Crippen molar-refractivity contribution in [2.24, 2.45) is 0 Å². The van der Waals surface area contributed by atoms with Gasteiger partial charge in [0.15, 0.2) is 0 Å². The maximum absolute atomic E-state index is 14.5. The third-order valence-electron chi connectivity index (χ3n) is 10.9. The van der Waals surface area contributed by atoms with Crippen molar-refractivity contribution in [3.05, 3.63) is 51.1 Å². The number of aryl methyl sites for hydroxylation is 1. The van der Waals surface area contributed by atoms with Crippen molar-refractivity contribution in [2.45, 2.75) is 117 Å². The van der Waals surface area contributed by atoms with Crippen LogP contribution >= 0.6 is 0 Å². The number of hydrogen-bond acceptors (Lipinski definition) is 9. The highest BCUT2D eigenvalue weighted by molar-refractivity contribution is 6.76. The van der Waals surface area contributed by atoms with E-state index in [9.17, 15) is 14.9 Å². The first-order valence-corrected chi connectivity index (χ1v) is 22.7. The average molecular weight is 731 g/mol. The number of nitrogens with zero attached hydrogens (tertiary/aromatic N) is 8. The molecule has 2 saturated heterocycles. The minimum atomic E-state index is -1.20. The molecule has 2 aromatic heterocycles. The number of aromatic nitrogens is 3. The maximum Gasteiger partial charge on any atom is 0.410 e. The molecule has 3 aliphatic heterocycles. The largest absolute Gasteiger partial charge is 0.444 e. The number of fused-ring (bicyclic) bond motifs is 2.